The summed E-state index contributed by atoms with van der Waals surface area (Å²) in [6, 6.07) is 12.6. The Hall–Kier alpha value is -1.96. The molecule has 0 aliphatic heterocycles. The van der Waals surface area contributed by atoms with Gasteiger partial charge in [-0.15, -0.1) is 0 Å². The second kappa shape index (κ2) is 5.79. The molecule has 2 aromatic carbocycles. The van der Waals surface area contributed by atoms with Crippen molar-refractivity contribution in [3.8, 4) is 5.75 Å². The Balaban J connectivity index is 2.17. The van der Waals surface area contributed by atoms with E-state index in [9.17, 15) is 0 Å². The predicted octanol–water partition coefficient (Wildman–Crippen LogP) is 4.23. The highest BCUT2D eigenvalue weighted by molar-refractivity contribution is 5.53. The highest BCUT2D eigenvalue weighted by Gasteiger charge is 2.04. The van der Waals surface area contributed by atoms with Gasteiger partial charge in [-0.25, -0.2) is 0 Å². The molecule has 0 heterocycles. The second-order valence-electron chi connectivity index (χ2n) is 4.92. The first kappa shape index (κ1) is 13.5. The monoisotopic (exact) mass is 255 g/mol. The molecular formula is C17H21NO. The quantitative estimate of drug-likeness (QED) is 0.882. The number of methoxy groups -OCH3 is 1. The van der Waals surface area contributed by atoms with Gasteiger partial charge in [-0.3, -0.25) is 0 Å². The van der Waals surface area contributed by atoms with Crippen LogP contribution < -0.4 is 10.1 Å². The standard InChI is InChI=1S/C17H21NO/c1-12-8-9-13(2)16(10-12)18-11-15-6-5-7-17(19-4)14(15)3/h5-10,18H,11H2,1-4H3. The lowest BCUT2D eigenvalue weighted by atomic mass is 10.1. The van der Waals surface area contributed by atoms with Crippen LogP contribution in [0.1, 0.15) is 22.3 Å². The van der Waals surface area contributed by atoms with Crippen LogP contribution in [0.25, 0.3) is 0 Å². The number of hydrogen-bond donors (Lipinski definition) is 1. The molecule has 0 unspecified atom stereocenters. The third kappa shape index (κ3) is 3.08. The van der Waals surface area contributed by atoms with Crippen molar-refractivity contribution in [2.75, 3.05) is 12.4 Å². The van der Waals surface area contributed by atoms with E-state index >= 15 is 0 Å². The molecule has 100 valence electrons. The predicted molar refractivity (Wildman–Crippen MR) is 81.0 cm³/mol. The van der Waals surface area contributed by atoms with E-state index in [0.717, 1.165) is 12.3 Å². The molecule has 2 aromatic rings. The summed E-state index contributed by atoms with van der Waals surface area (Å²) in [4.78, 5) is 0. The van der Waals surface area contributed by atoms with Crippen LogP contribution in [0.2, 0.25) is 0 Å². The van der Waals surface area contributed by atoms with Crippen LogP contribution in [0.4, 0.5) is 5.69 Å². The minimum Gasteiger partial charge on any atom is -0.496 e. The van der Waals surface area contributed by atoms with Gasteiger partial charge in [0.2, 0.25) is 0 Å². The van der Waals surface area contributed by atoms with Crippen molar-refractivity contribution in [3.63, 3.8) is 0 Å². The fraction of sp³-hybridized carbons (Fsp3) is 0.294. The van der Waals surface area contributed by atoms with Gasteiger partial charge in [-0.05, 0) is 55.2 Å². The van der Waals surface area contributed by atoms with Gasteiger partial charge in [0.05, 0.1) is 7.11 Å². The summed E-state index contributed by atoms with van der Waals surface area (Å²) in [5.74, 6) is 0.945. The normalized spacial score (nSPS) is 10.3. The lowest BCUT2D eigenvalue weighted by Crippen LogP contribution is -2.03. The summed E-state index contributed by atoms with van der Waals surface area (Å²) in [6.45, 7) is 7.15. The third-order valence-electron chi connectivity index (χ3n) is 3.48. The van der Waals surface area contributed by atoms with Gasteiger partial charge in [0.15, 0.2) is 0 Å². The van der Waals surface area contributed by atoms with Crippen molar-refractivity contribution >= 4 is 5.69 Å². The van der Waals surface area contributed by atoms with Crippen molar-refractivity contribution in [3.05, 3.63) is 58.7 Å². The average Bonchev–Trinajstić information content (AvgIpc) is 2.41. The van der Waals surface area contributed by atoms with Gasteiger partial charge in [0.1, 0.15) is 5.75 Å². The summed E-state index contributed by atoms with van der Waals surface area (Å²) < 4.78 is 5.35. The summed E-state index contributed by atoms with van der Waals surface area (Å²) in [5.41, 5.74) is 6.20. The van der Waals surface area contributed by atoms with Crippen molar-refractivity contribution in [1.29, 1.82) is 0 Å². The van der Waals surface area contributed by atoms with Crippen LogP contribution in [0.5, 0.6) is 5.75 Å². The van der Waals surface area contributed by atoms with Crippen molar-refractivity contribution in [1.82, 2.24) is 0 Å². The minimum atomic E-state index is 0.813. The number of anilines is 1. The number of rotatable bonds is 4. The Labute approximate surface area is 115 Å². The fourth-order valence-electron chi connectivity index (χ4n) is 2.19. The van der Waals surface area contributed by atoms with E-state index in [4.69, 9.17) is 4.74 Å². The first-order chi connectivity index (χ1) is 9.11. The SMILES string of the molecule is COc1cccc(CNc2cc(C)ccc2C)c1C. The topological polar surface area (TPSA) is 21.3 Å². The number of benzene rings is 2. The summed E-state index contributed by atoms with van der Waals surface area (Å²) in [6.07, 6.45) is 0. The van der Waals surface area contributed by atoms with Gasteiger partial charge < -0.3 is 10.1 Å². The summed E-state index contributed by atoms with van der Waals surface area (Å²) in [7, 11) is 1.71. The summed E-state index contributed by atoms with van der Waals surface area (Å²) in [5, 5.41) is 3.51. The largest absolute Gasteiger partial charge is 0.496 e. The Morgan fingerprint density at radius 3 is 2.58 bits per heavy atom. The van der Waals surface area contributed by atoms with E-state index in [1.807, 2.05) is 12.1 Å². The van der Waals surface area contributed by atoms with Crippen LogP contribution in [-0.2, 0) is 6.54 Å². The molecule has 2 rings (SSSR count). The molecule has 1 N–H and O–H groups in total. The number of ether oxygens (including phenoxy) is 1. The molecule has 0 amide bonds. The molecule has 2 heteroatoms. The lowest BCUT2D eigenvalue weighted by molar-refractivity contribution is 0.411. The molecule has 0 saturated carbocycles. The van der Waals surface area contributed by atoms with Gasteiger partial charge in [-0.1, -0.05) is 24.3 Å². The Morgan fingerprint density at radius 1 is 1.05 bits per heavy atom. The van der Waals surface area contributed by atoms with E-state index in [1.165, 1.54) is 27.9 Å². The lowest BCUT2D eigenvalue weighted by Gasteiger charge is -2.14. The molecule has 0 atom stereocenters. The molecule has 0 bridgehead atoms. The van der Waals surface area contributed by atoms with Gasteiger partial charge in [0, 0.05) is 12.2 Å². The first-order valence-corrected chi connectivity index (χ1v) is 6.55. The minimum absolute atomic E-state index is 0.813. The maximum atomic E-state index is 5.35. The van der Waals surface area contributed by atoms with Crippen LogP contribution in [0.3, 0.4) is 0 Å². The molecule has 0 aliphatic carbocycles. The third-order valence-corrected chi connectivity index (χ3v) is 3.48. The fourth-order valence-corrected chi connectivity index (χ4v) is 2.19. The molecule has 0 spiro atoms. The maximum Gasteiger partial charge on any atom is 0.122 e. The van der Waals surface area contributed by atoms with Crippen molar-refractivity contribution in [2.45, 2.75) is 27.3 Å². The smallest absolute Gasteiger partial charge is 0.122 e. The highest BCUT2D eigenvalue weighted by Crippen LogP contribution is 2.23. The van der Waals surface area contributed by atoms with E-state index < -0.39 is 0 Å². The molecule has 0 fully saturated rings. The van der Waals surface area contributed by atoms with Crippen molar-refractivity contribution < 1.29 is 4.74 Å². The van der Waals surface area contributed by atoms with E-state index in [2.05, 4.69) is 50.4 Å². The zero-order valence-corrected chi connectivity index (χ0v) is 12.1. The number of nitrogens with one attached hydrogen (secondary N) is 1. The molecule has 19 heavy (non-hydrogen) atoms. The van der Waals surface area contributed by atoms with Gasteiger partial charge in [-0.2, -0.15) is 0 Å². The van der Waals surface area contributed by atoms with Crippen LogP contribution in [-0.4, -0.2) is 7.11 Å². The van der Waals surface area contributed by atoms with Gasteiger partial charge >= 0.3 is 0 Å². The Morgan fingerprint density at radius 2 is 1.84 bits per heavy atom. The van der Waals surface area contributed by atoms with E-state index in [0.29, 0.717) is 0 Å². The van der Waals surface area contributed by atoms with Gasteiger partial charge in [0.25, 0.3) is 0 Å². The van der Waals surface area contributed by atoms with Crippen LogP contribution in [0.15, 0.2) is 36.4 Å². The first-order valence-electron chi connectivity index (χ1n) is 6.55. The molecular weight excluding hydrogens is 234 g/mol. The second-order valence-corrected chi connectivity index (χ2v) is 4.92. The summed E-state index contributed by atoms with van der Waals surface area (Å²) >= 11 is 0. The molecule has 0 aromatic heterocycles. The van der Waals surface area contributed by atoms with Crippen molar-refractivity contribution in [2.24, 2.45) is 0 Å². The van der Waals surface area contributed by atoms with Crippen LogP contribution in [0, 0.1) is 20.8 Å². The maximum absolute atomic E-state index is 5.35. The zero-order chi connectivity index (χ0) is 13.8. The molecule has 0 radical (unpaired) electrons. The number of aryl methyl sites for hydroxylation is 2. The molecule has 0 saturated heterocycles. The molecule has 2 nitrogen and oxygen atoms in total. The number of hydrogen-bond acceptors (Lipinski definition) is 2. The van der Waals surface area contributed by atoms with E-state index in [-0.39, 0.29) is 0 Å². The average molecular weight is 255 g/mol. The Bertz CT molecular complexity index is 575. The highest BCUT2D eigenvalue weighted by atomic mass is 16.5. The molecule has 0 aliphatic rings. The Kier molecular flexibility index (Phi) is 4.10. The van der Waals surface area contributed by atoms with Crippen LogP contribution >= 0.6 is 0 Å². The zero-order valence-electron chi connectivity index (χ0n) is 12.1. The van der Waals surface area contributed by atoms with E-state index in [1.54, 1.807) is 7.11 Å².